The maximum Gasteiger partial charge on any atom is 0.161 e. The van der Waals surface area contributed by atoms with E-state index in [0.29, 0.717) is 17.9 Å². The summed E-state index contributed by atoms with van der Waals surface area (Å²) in [6.45, 7) is 3.09. The van der Waals surface area contributed by atoms with E-state index < -0.39 is 0 Å². The summed E-state index contributed by atoms with van der Waals surface area (Å²) in [5, 5.41) is 0. The van der Waals surface area contributed by atoms with E-state index in [4.69, 9.17) is 10.5 Å². The third kappa shape index (κ3) is 2.57. The summed E-state index contributed by atoms with van der Waals surface area (Å²) in [6.07, 6.45) is 0.934. The Hall–Kier alpha value is -2.49. The smallest absolute Gasteiger partial charge is 0.161 e. The number of nitrogens with zero attached hydrogens (tertiary/aromatic N) is 1. The Morgan fingerprint density at radius 1 is 1.24 bits per heavy atom. The summed E-state index contributed by atoms with van der Waals surface area (Å²) >= 11 is 0. The fourth-order valence-electron chi connectivity index (χ4n) is 2.63. The van der Waals surface area contributed by atoms with E-state index >= 15 is 0 Å². The van der Waals surface area contributed by atoms with Crippen molar-refractivity contribution in [3.8, 4) is 5.75 Å². The van der Waals surface area contributed by atoms with E-state index in [1.54, 1.807) is 6.07 Å². The highest BCUT2D eigenvalue weighted by atomic mass is 16.5. The van der Waals surface area contributed by atoms with Crippen molar-refractivity contribution in [2.45, 2.75) is 13.3 Å². The molecule has 0 saturated heterocycles. The minimum Gasteiger partial charge on any atom is -0.491 e. The summed E-state index contributed by atoms with van der Waals surface area (Å²) in [5.41, 5.74) is 9.11. The summed E-state index contributed by atoms with van der Waals surface area (Å²) < 4.78 is 5.77. The number of ketones is 1. The third-order valence-corrected chi connectivity index (χ3v) is 3.67. The molecule has 1 aliphatic rings. The van der Waals surface area contributed by atoms with Gasteiger partial charge in [0.2, 0.25) is 0 Å². The molecule has 4 nitrogen and oxygen atoms in total. The van der Waals surface area contributed by atoms with Gasteiger partial charge in [-0.2, -0.15) is 0 Å². The van der Waals surface area contributed by atoms with Gasteiger partial charge in [-0.05, 0) is 43.7 Å². The predicted molar refractivity (Wildman–Crippen MR) is 84.4 cm³/mol. The molecule has 0 unspecified atom stereocenters. The van der Waals surface area contributed by atoms with Crippen molar-refractivity contribution in [1.29, 1.82) is 0 Å². The number of anilines is 3. The number of carbonyl (C=O) groups is 1. The Morgan fingerprint density at radius 3 is 2.81 bits per heavy atom. The Labute approximate surface area is 124 Å². The first kappa shape index (κ1) is 13.5. The zero-order valence-electron chi connectivity index (χ0n) is 12.0. The van der Waals surface area contributed by atoms with Crippen LogP contribution in [0.4, 0.5) is 17.1 Å². The number of hydrogen-bond donors (Lipinski definition) is 1. The monoisotopic (exact) mass is 282 g/mol. The number of nitrogens with two attached hydrogens (primary N) is 1. The SMILES string of the molecule is CC(=O)c1ccc(N2CCCOc3ccccc32)cc1N. The largest absolute Gasteiger partial charge is 0.491 e. The van der Waals surface area contributed by atoms with Crippen molar-refractivity contribution >= 4 is 22.8 Å². The molecule has 0 atom stereocenters. The molecule has 0 aromatic heterocycles. The Morgan fingerprint density at radius 2 is 2.05 bits per heavy atom. The van der Waals surface area contributed by atoms with Crippen LogP contribution in [0.15, 0.2) is 42.5 Å². The van der Waals surface area contributed by atoms with Crippen LogP contribution in [0.5, 0.6) is 5.75 Å². The van der Waals surface area contributed by atoms with Gasteiger partial charge in [0, 0.05) is 23.5 Å². The van der Waals surface area contributed by atoms with Gasteiger partial charge in [0.05, 0.1) is 12.3 Å². The second-order valence-corrected chi connectivity index (χ2v) is 5.15. The number of hydrogen-bond acceptors (Lipinski definition) is 4. The van der Waals surface area contributed by atoms with Gasteiger partial charge in [-0.3, -0.25) is 4.79 Å². The lowest BCUT2D eigenvalue weighted by Gasteiger charge is -2.24. The quantitative estimate of drug-likeness (QED) is 0.677. The van der Waals surface area contributed by atoms with E-state index in [9.17, 15) is 4.79 Å². The lowest BCUT2D eigenvalue weighted by Crippen LogP contribution is -2.18. The van der Waals surface area contributed by atoms with Gasteiger partial charge in [-0.1, -0.05) is 12.1 Å². The van der Waals surface area contributed by atoms with Gasteiger partial charge in [0.15, 0.2) is 5.78 Å². The normalized spacial score (nSPS) is 14.0. The van der Waals surface area contributed by atoms with Crippen molar-refractivity contribution in [3.63, 3.8) is 0 Å². The van der Waals surface area contributed by atoms with Crippen molar-refractivity contribution in [2.24, 2.45) is 0 Å². The van der Waals surface area contributed by atoms with Gasteiger partial charge in [-0.25, -0.2) is 0 Å². The fraction of sp³-hybridized carbons (Fsp3) is 0.235. The lowest BCUT2D eigenvalue weighted by atomic mass is 10.1. The molecule has 0 saturated carbocycles. The average Bonchev–Trinajstić information content (AvgIpc) is 2.69. The number of benzene rings is 2. The molecule has 0 aliphatic carbocycles. The Balaban J connectivity index is 2.04. The molecule has 0 spiro atoms. The zero-order chi connectivity index (χ0) is 14.8. The van der Waals surface area contributed by atoms with Crippen LogP contribution in [0.2, 0.25) is 0 Å². The number of Topliss-reactive ketones (excluding diaryl/α,β-unsaturated/α-hetero) is 1. The van der Waals surface area contributed by atoms with Crippen molar-refractivity contribution in [2.75, 3.05) is 23.8 Å². The molecule has 1 heterocycles. The maximum absolute atomic E-state index is 11.5. The van der Waals surface area contributed by atoms with E-state index in [2.05, 4.69) is 4.90 Å². The van der Waals surface area contributed by atoms with Crippen LogP contribution in [0.25, 0.3) is 0 Å². The van der Waals surface area contributed by atoms with Crippen LogP contribution in [-0.2, 0) is 0 Å². The van der Waals surface area contributed by atoms with Crippen LogP contribution in [0, 0.1) is 0 Å². The van der Waals surface area contributed by atoms with Crippen molar-refractivity contribution in [1.82, 2.24) is 0 Å². The van der Waals surface area contributed by atoms with E-state index in [1.807, 2.05) is 36.4 Å². The Bertz CT molecular complexity index is 682. The molecule has 0 radical (unpaired) electrons. The molecular formula is C17H18N2O2. The number of nitrogen functional groups attached to an aromatic ring is 1. The summed E-state index contributed by atoms with van der Waals surface area (Å²) in [4.78, 5) is 13.7. The molecule has 2 aromatic rings. The molecule has 3 rings (SSSR count). The highest BCUT2D eigenvalue weighted by Gasteiger charge is 2.18. The van der Waals surface area contributed by atoms with Gasteiger partial charge >= 0.3 is 0 Å². The highest BCUT2D eigenvalue weighted by Crippen LogP contribution is 2.36. The molecular weight excluding hydrogens is 264 g/mol. The number of rotatable bonds is 2. The minimum absolute atomic E-state index is 0.0151. The molecule has 2 aromatic carbocycles. The van der Waals surface area contributed by atoms with E-state index in [-0.39, 0.29) is 5.78 Å². The molecule has 108 valence electrons. The summed E-state index contributed by atoms with van der Waals surface area (Å²) in [6, 6.07) is 13.6. The maximum atomic E-state index is 11.5. The second-order valence-electron chi connectivity index (χ2n) is 5.15. The summed E-state index contributed by atoms with van der Waals surface area (Å²) in [7, 11) is 0. The first-order valence-corrected chi connectivity index (χ1v) is 7.06. The molecule has 4 heteroatoms. The predicted octanol–water partition coefficient (Wildman–Crippen LogP) is 3.39. The van der Waals surface area contributed by atoms with Gasteiger partial charge in [0.25, 0.3) is 0 Å². The number of ether oxygens (including phenoxy) is 1. The molecule has 0 amide bonds. The van der Waals surface area contributed by atoms with E-state index in [1.165, 1.54) is 6.92 Å². The second kappa shape index (κ2) is 5.48. The molecule has 0 bridgehead atoms. The minimum atomic E-state index is -0.0151. The number of fused-ring (bicyclic) bond motifs is 1. The average molecular weight is 282 g/mol. The zero-order valence-corrected chi connectivity index (χ0v) is 12.0. The van der Waals surface area contributed by atoms with Crippen LogP contribution >= 0.6 is 0 Å². The highest BCUT2D eigenvalue weighted by molar-refractivity contribution is 5.99. The lowest BCUT2D eigenvalue weighted by molar-refractivity contribution is 0.101. The molecule has 0 fully saturated rings. The van der Waals surface area contributed by atoms with Gasteiger partial charge in [-0.15, -0.1) is 0 Å². The molecule has 2 N–H and O–H groups in total. The van der Waals surface area contributed by atoms with Crippen LogP contribution in [0.3, 0.4) is 0 Å². The third-order valence-electron chi connectivity index (χ3n) is 3.67. The van der Waals surface area contributed by atoms with Crippen molar-refractivity contribution < 1.29 is 9.53 Å². The van der Waals surface area contributed by atoms with Crippen LogP contribution in [-0.4, -0.2) is 18.9 Å². The molecule has 1 aliphatic heterocycles. The van der Waals surface area contributed by atoms with Gasteiger partial charge in [0.1, 0.15) is 5.75 Å². The first-order valence-electron chi connectivity index (χ1n) is 7.06. The Kier molecular flexibility index (Phi) is 3.52. The summed E-state index contributed by atoms with van der Waals surface area (Å²) in [5.74, 6) is 0.864. The number of carbonyl (C=O) groups excluding carboxylic acids is 1. The molecule has 21 heavy (non-hydrogen) atoms. The van der Waals surface area contributed by atoms with Crippen molar-refractivity contribution in [3.05, 3.63) is 48.0 Å². The number of para-hydroxylation sites is 2. The van der Waals surface area contributed by atoms with Crippen LogP contribution in [0.1, 0.15) is 23.7 Å². The topological polar surface area (TPSA) is 55.6 Å². The van der Waals surface area contributed by atoms with Crippen LogP contribution < -0.4 is 15.4 Å². The first-order chi connectivity index (χ1) is 10.2. The van der Waals surface area contributed by atoms with E-state index in [0.717, 1.165) is 30.1 Å². The van der Waals surface area contributed by atoms with Gasteiger partial charge < -0.3 is 15.4 Å². The fourth-order valence-corrected chi connectivity index (χ4v) is 2.63. The standard InChI is InChI=1S/C17H18N2O2/c1-12(20)14-8-7-13(11-15(14)18)19-9-4-10-21-17-6-3-2-5-16(17)19/h2-3,5-8,11H,4,9-10,18H2,1H3.